The quantitative estimate of drug-likeness (QED) is 0.663. The van der Waals surface area contributed by atoms with E-state index in [0.29, 0.717) is 17.4 Å². The maximum Gasteiger partial charge on any atom is 0.403 e. The van der Waals surface area contributed by atoms with Crippen molar-refractivity contribution >= 4 is 28.3 Å². The van der Waals surface area contributed by atoms with Crippen molar-refractivity contribution in [1.29, 1.82) is 0 Å². The van der Waals surface area contributed by atoms with Gasteiger partial charge in [0.05, 0.1) is 0 Å². The van der Waals surface area contributed by atoms with Crippen LogP contribution in [-0.4, -0.2) is 40.6 Å². The number of benzene rings is 2. The minimum Gasteiger partial charge on any atom is -0.384 e. The molecule has 1 aliphatic heterocycles. The summed E-state index contributed by atoms with van der Waals surface area (Å²) in [5, 5.41) is 11.8. The second-order valence-corrected chi connectivity index (χ2v) is 7.12. The molecule has 2 heterocycles. The van der Waals surface area contributed by atoms with Crippen LogP contribution in [0.25, 0.3) is 10.8 Å². The summed E-state index contributed by atoms with van der Waals surface area (Å²) in [5.41, 5.74) is 0.547. The summed E-state index contributed by atoms with van der Waals surface area (Å²) in [5.74, 6) is -5.30. The standard InChI is InChI=1S/C22H17F3N2O3/c23-22(24,25)17(21(30)27-11-9-14-6-3-10-26-20(14)27)19(29)18(28)16-8-7-13-4-1-2-5-15(13)12-16/h1-8,10,12,17,19,29H,9,11H2/t17-,19+/m0/s1. The number of alkyl halides is 3. The molecule has 5 nitrogen and oxygen atoms in total. The minimum absolute atomic E-state index is 0.00858. The van der Waals surface area contributed by atoms with Crippen LogP contribution >= 0.6 is 0 Å². The van der Waals surface area contributed by atoms with E-state index in [1.807, 2.05) is 0 Å². The van der Waals surface area contributed by atoms with Gasteiger partial charge in [0.1, 0.15) is 11.9 Å². The van der Waals surface area contributed by atoms with E-state index in [-0.39, 0.29) is 17.9 Å². The fraction of sp³-hybridized carbons (Fsp3) is 0.227. The van der Waals surface area contributed by atoms with Crippen molar-refractivity contribution in [3.8, 4) is 0 Å². The lowest BCUT2D eigenvalue weighted by Crippen LogP contribution is -2.50. The molecule has 2 aromatic carbocycles. The van der Waals surface area contributed by atoms with E-state index in [4.69, 9.17) is 0 Å². The number of hydrogen-bond acceptors (Lipinski definition) is 4. The number of aliphatic hydroxyl groups is 1. The molecule has 3 aromatic rings. The number of halogens is 3. The number of rotatable bonds is 4. The van der Waals surface area contributed by atoms with Crippen LogP contribution in [0.3, 0.4) is 0 Å². The smallest absolute Gasteiger partial charge is 0.384 e. The lowest BCUT2D eigenvalue weighted by molar-refractivity contribution is -0.195. The first-order valence-corrected chi connectivity index (χ1v) is 9.30. The van der Waals surface area contributed by atoms with Crippen molar-refractivity contribution in [2.24, 2.45) is 5.92 Å². The Morgan fingerprint density at radius 3 is 2.50 bits per heavy atom. The van der Waals surface area contributed by atoms with E-state index in [1.54, 1.807) is 42.5 Å². The first kappa shape index (κ1) is 20.0. The Balaban J connectivity index is 1.66. The van der Waals surface area contributed by atoms with E-state index in [1.165, 1.54) is 18.3 Å². The number of aliphatic hydroxyl groups excluding tert-OH is 1. The predicted molar refractivity (Wildman–Crippen MR) is 104 cm³/mol. The third-order valence-corrected chi connectivity index (χ3v) is 5.23. The Labute approximate surface area is 169 Å². The number of amides is 1. The first-order chi connectivity index (χ1) is 14.3. The zero-order valence-corrected chi connectivity index (χ0v) is 15.6. The number of anilines is 1. The van der Waals surface area contributed by atoms with Gasteiger partial charge in [0.2, 0.25) is 5.91 Å². The number of carbonyl (C=O) groups is 2. The number of hydrogen-bond donors (Lipinski definition) is 1. The van der Waals surface area contributed by atoms with E-state index in [9.17, 15) is 27.9 Å². The van der Waals surface area contributed by atoms with Gasteiger partial charge in [-0.1, -0.05) is 42.5 Å². The maximum atomic E-state index is 13.8. The van der Waals surface area contributed by atoms with E-state index in [0.717, 1.165) is 10.3 Å². The molecule has 0 spiro atoms. The Hall–Kier alpha value is -3.26. The van der Waals surface area contributed by atoms with Gasteiger partial charge in [-0.15, -0.1) is 0 Å². The van der Waals surface area contributed by atoms with Crippen molar-refractivity contribution in [2.45, 2.75) is 18.7 Å². The van der Waals surface area contributed by atoms with Crippen molar-refractivity contribution in [3.05, 3.63) is 71.9 Å². The molecule has 1 aromatic heterocycles. The number of ketones is 1. The van der Waals surface area contributed by atoms with Gasteiger partial charge >= 0.3 is 6.18 Å². The summed E-state index contributed by atoms with van der Waals surface area (Å²) in [6, 6.07) is 14.7. The number of carbonyl (C=O) groups excluding carboxylic acids is 2. The average Bonchev–Trinajstić information content (AvgIpc) is 3.16. The molecule has 30 heavy (non-hydrogen) atoms. The molecule has 1 aliphatic rings. The fourth-order valence-corrected chi connectivity index (χ4v) is 3.71. The van der Waals surface area contributed by atoms with Crippen LogP contribution in [0.5, 0.6) is 0 Å². The van der Waals surface area contributed by atoms with Crippen LogP contribution in [0, 0.1) is 5.92 Å². The molecule has 154 valence electrons. The SMILES string of the molecule is O=C(c1ccc2ccccc2c1)[C@H](O)[C@@H](C(=O)N1CCc2cccnc21)C(F)(F)F. The summed E-state index contributed by atoms with van der Waals surface area (Å²) in [7, 11) is 0. The maximum absolute atomic E-state index is 13.8. The summed E-state index contributed by atoms with van der Waals surface area (Å²) in [6.07, 6.45) is -5.94. The highest BCUT2D eigenvalue weighted by molar-refractivity contribution is 6.07. The second kappa shape index (κ2) is 7.53. The fourth-order valence-electron chi connectivity index (χ4n) is 3.71. The first-order valence-electron chi connectivity index (χ1n) is 9.30. The van der Waals surface area contributed by atoms with Gasteiger partial charge in [-0.3, -0.25) is 14.5 Å². The monoisotopic (exact) mass is 414 g/mol. The zero-order valence-electron chi connectivity index (χ0n) is 15.6. The molecule has 0 radical (unpaired) electrons. The average molecular weight is 414 g/mol. The highest BCUT2D eigenvalue weighted by Gasteiger charge is 2.54. The van der Waals surface area contributed by atoms with Crippen molar-refractivity contribution in [1.82, 2.24) is 4.98 Å². The molecule has 0 bridgehead atoms. The zero-order chi connectivity index (χ0) is 21.5. The molecule has 0 saturated heterocycles. The Morgan fingerprint density at radius 2 is 1.77 bits per heavy atom. The number of aromatic nitrogens is 1. The van der Waals surface area contributed by atoms with Gasteiger partial charge in [-0.2, -0.15) is 13.2 Å². The third-order valence-electron chi connectivity index (χ3n) is 5.23. The molecule has 0 saturated carbocycles. The van der Waals surface area contributed by atoms with Crippen molar-refractivity contribution in [2.75, 3.05) is 11.4 Å². The largest absolute Gasteiger partial charge is 0.403 e. The molecule has 4 rings (SSSR count). The molecule has 0 aliphatic carbocycles. The van der Waals surface area contributed by atoms with Crippen LogP contribution in [0.1, 0.15) is 15.9 Å². The van der Waals surface area contributed by atoms with Crippen molar-refractivity contribution in [3.63, 3.8) is 0 Å². The number of nitrogens with zero attached hydrogens (tertiary/aromatic N) is 2. The summed E-state index contributed by atoms with van der Waals surface area (Å²) < 4.78 is 41.4. The normalized spacial score (nSPS) is 15.7. The highest BCUT2D eigenvalue weighted by atomic mass is 19.4. The molecular formula is C22H17F3N2O3. The Bertz CT molecular complexity index is 1130. The van der Waals surface area contributed by atoms with Gasteiger partial charge in [-0.05, 0) is 34.9 Å². The van der Waals surface area contributed by atoms with Gasteiger partial charge in [0, 0.05) is 18.3 Å². The lowest BCUT2D eigenvalue weighted by Gasteiger charge is -2.28. The summed E-state index contributed by atoms with van der Waals surface area (Å²) >= 11 is 0. The van der Waals surface area contributed by atoms with E-state index >= 15 is 0 Å². The number of Topliss-reactive ketones (excluding diaryl/α,β-unsaturated/α-hetero) is 1. The second-order valence-electron chi connectivity index (χ2n) is 7.12. The lowest BCUT2D eigenvalue weighted by atomic mass is 9.92. The third kappa shape index (κ3) is 3.54. The predicted octanol–water partition coefficient (Wildman–Crippen LogP) is 3.55. The number of fused-ring (bicyclic) bond motifs is 2. The molecule has 0 unspecified atom stereocenters. The molecule has 0 fully saturated rings. The summed E-state index contributed by atoms with van der Waals surface area (Å²) in [4.78, 5) is 30.4. The van der Waals surface area contributed by atoms with Gasteiger partial charge < -0.3 is 5.11 Å². The van der Waals surface area contributed by atoms with Crippen LogP contribution in [0.2, 0.25) is 0 Å². The van der Waals surface area contributed by atoms with Crippen LogP contribution in [-0.2, 0) is 11.2 Å². The molecule has 8 heteroatoms. The van der Waals surface area contributed by atoms with E-state index in [2.05, 4.69) is 4.98 Å². The number of pyridine rings is 1. The summed E-state index contributed by atoms with van der Waals surface area (Å²) in [6.45, 7) is 0.00858. The van der Waals surface area contributed by atoms with Crippen molar-refractivity contribution < 1.29 is 27.9 Å². The molecule has 1 N–H and O–H groups in total. The Morgan fingerprint density at radius 1 is 1.03 bits per heavy atom. The molecule has 1 amide bonds. The minimum atomic E-state index is -5.11. The van der Waals surface area contributed by atoms with Crippen LogP contribution in [0.4, 0.5) is 19.0 Å². The van der Waals surface area contributed by atoms with Crippen LogP contribution < -0.4 is 4.90 Å². The van der Waals surface area contributed by atoms with Gasteiger partial charge in [0.15, 0.2) is 11.7 Å². The Kier molecular flexibility index (Phi) is 5.03. The van der Waals surface area contributed by atoms with E-state index < -0.39 is 29.9 Å². The topological polar surface area (TPSA) is 70.5 Å². The van der Waals surface area contributed by atoms with Gasteiger partial charge in [-0.25, -0.2) is 4.98 Å². The highest BCUT2D eigenvalue weighted by Crippen LogP contribution is 2.35. The van der Waals surface area contributed by atoms with Gasteiger partial charge in [0.25, 0.3) is 0 Å². The molecular weight excluding hydrogens is 397 g/mol. The molecule has 2 atom stereocenters. The van der Waals surface area contributed by atoms with Crippen LogP contribution in [0.15, 0.2) is 60.8 Å².